The molecule has 0 unspecified atom stereocenters. The van der Waals surface area contributed by atoms with Gasteiger partial charge in [-0.05, 0) is 12.8 Å². The van der Waals surface area contributed by atoms with Gasteiger partial charge in [-0.15, -0.1) is 5.10 Å². The van der Waals surface area contributed by atoms with Gasteiger partial charge < -0.3 is 9.84 Å². The molecular formula is C10H15N3O3. The van der Waals surface area contributed by atoms with E-state index >= 15 is 0 Å². The number of carbonyl (C=O) groups excluding carboxylic acids is 1. The number of aromatic nitrogens is 3. The van der Waals surface area contributed by atoms with Gasteiger partial charge in [-0.1, -0.05) is 5.21 Å². The number of carbonyl (C=O) groups is 1. The topological polar surface area (TPSA) is 77.2 Å². The van der Waals surface area contributed by atoms with E-state index in [1.807, 2.05) is 6.20 Å². The molecule has 1 heterocycles. The van der Waals surface area contributed by atoms with Crippen molar-refractivity contribution < 1.29 is 14.6 Å². The number of esters is 1. The number of hydrogen-bond donors (Lipinski definition) is 1. The van der Waals surface area contributed by atoms with Gasteiger partial charge in [-0.25, -0.2) is 4.68 Å². The summed E-state index contributed by atoms with van der Waals surface area (Å²) in [5, 5.41) is 16.7. The summed E-state index contributed by atoms with van der Waals surface area (Å²) in [5.41, 5.74) is 0.781. The Balaban J connectivity index is 1.88. The number of methoxy groups -OCH3 is 1. The first-order chi connectivity index (χ1) is 7.74. The molecule has 1 aromatic heterocycles. The average molecular weight is 225 g/mol. The first-order valence-corrected chi connectivity index (χ1v) is 5.34. The quantitative estimate of drug-likeness (QED) is 0.726. The summed E-state index contributed by atoms with van der Waals surface area (Å²) in [4.78, 5) is 11.2. The van der Waals surface area contributed by atoms with Crippen LogP contribution in [-0.2, 0) is 16.0 Å². The minimum Gasteiger partial charge on any atom is -0.469 e. The van der Waals surface area contributed by atoms with Gasteiger partial charge in [0.1, 0.15) is 0 Å². The predicted octanol–water partition coefficient (Wildman–Crippen LogP) is -0.0630. The number of aliphatic hydroxyl groups excluding tert-OH is 1. The largest absolute Gasteiger partial charge is 0.469 e. The van der Waals surface area contributed by atoms with E-state index in [0.717, 1.165) is 18.5 Å². The standard InChI is InChI=1S/C10H15N3O3/c1-16-10(15)7-4-9(5-7)13-6-8(2-3-14)11-12-13/h6-7,9,14H,2-5H2,1H3. The zero-order valence-electron chi connectivity index (χ0n) is 9.17. The van der Waals surface area contributed by atoms with Crippen molar-refractivity contribution in [2.75, 3.05) is 13.7 Å². The number of rotatable bonds is 4. The molecule has 1 aromatic rings. The second-order valence-corrected chi connectivity index (χ2v) is 4.01. The molecule has 1 aliphatic carbocycles. The summed E-state index contributed by atoms with van der Waals surface area (Å²) in [6.45, 7) is 0.0775. The molecule has 0 aliphatic heterocycles. The van der Waals surface area contributed by atoms with E-state index in [9.17, 15) is 4.79 Å². The zero-order valence-corrected chi connectivity index (χ0v) is 9.17. The molecule has 0 spiro atoms. The Morgan fingerprint density at radius 1 is 1.69 bits per heavy atom. The minimum absolute atomic E-state index is 0.000455. The van der Waals surface area contributed by atoms with E-state index in [1.54, 1.807) is 4.68 Å². The molecule has 6 nitrogen and oxygen atoms in total. The van der Waals surface area contributed by atoms with Crippen LogP contribution < -0.4 is 0 Å². The van der Waals surface area contributed by atoms with Crippen LogP contribution in [0.1, 0.15) is 24.6 Å². The van der Waals surface area contributed by atoms with Crippen LogP contribution in [0.25, 0.3) is 0 Å². The molecule has 1 N–H and O–H groups in total. The molecule has 6 heteroatoms. The molecule has 88 valence electrons. The Morgan fingerprint density at radius 3 is 3.06 bits per heavy atom. The van der Waals surface area contributed by atoms with Crippen molar-refractivity contribution in [2.24, 2.45) is 5.92 Å². The van der Waals surface area contributed by atoms with Crippen molar-refractivity contribution in [1.82, 2.24) is 15.0 Å². The van der Waals surface area contributed by atoms with E-state index in [1.165, 1.54) is 7.11 Å². The summed E-state index contributed by atoms with van der Waals surface area (Å²) < 4.78 is 6.43. The molecule has 16 heavy (non-hydrogen) atoms. The lowest BCUT2D eigenvalue weighted by atomic mass is 9.80. The zero-order chi connectivity index (χ0) is 11.5. The van der Waals surface area contributed by atoms with Crippen LogP contribution in [0.15, 0.2) is 6.20 Å². The third-order valence-electron chi connectivity index (χ3n) is 2.95. The smallest absolute Gasteiger partial charge is 0.308 e. The van der Waals surface area contributed by atoms with Gasteiger partial charge in [0.25, 0.3) is 0 Å². The van der Waals surface area contributed by atoms with Gasteiger partial charge in [0.15, 0.2) is 0 Å². The molecular weight excluding hydrogens is 210 g/mol. The van der Waals surface area contributed by atoms with Crippen LogP contribution in [-0.4, -0.2) is 39.8 Å². The maximum absolute atomic E-state index is 11.2. The third kappa shape index (κ3) is 2.06. The molecule has 0 aromatic carbocycles. The summed E-state index contributed by atoms with van der Waals surface area (Å²) in [7, 11) is 1.41. The Kier molecular flexibility index (Phi) is 3.19. The van der Waals surface area contributed by atoms with Gasteiger partial charge >= 0.3 is 5.97 Å². The molecule has 0 radical (unpaired) electrons. The third-order valence-corrected chi connectivity index (χ3v) is 2.95. The Morgan fingerprint density at radius 2 is 2.44 bits per heavy atom. The van der Waals surface area contributed by atoms with Crippen LogP contribution >= 0.6 is 0 Å². The highest BCUT2D eigenvalue weighted by molar-refractivity contribution is 5.73. The fraction of sp³-hybridized carbons (Fsp3) is 0.700. The number of ether oxygens (including phenoxy) is 1. The lowest BCUT2D eigenvalue weighted by molar-refractivity contribution is -0.149. The van der Waals surface area contributed by atoms with Crippen molar-refractivity contribution in [3.8, 4) is 0 Å². The normalized spacial score (nSPS) is 23.9. The summed E-state index contributed by atoms with van der Waals surface area (Å²) in [5.74, 6) is -0.146. The Bertz CT molecular complexity index is 371. The van der Waals surface area contributed by atoms with Crippen molar-refractivity contribution >= 4 is 5.97 Å². The minimum atomic E-state index is -0.146. The molecule has 0 atom stereocenters. The highest BCUT2D eigenvalue weighted by Crippen LogP contribution is 2.37. The fourth-order valence-corrected chi connectivity index (χ4v) is 1.88. The molecule has 0 amide bonds. The van der Waals surface area contributed by atoms with Crippen LogP contribution in [0.4, 0.5) is 0 Å². The first-order valence-electron chi connectivity index (χ1n) is 5.34. The predicted molar refractivity (Wildman–Crippen MR) is 54.6 cm³/mol. The molecule has 1 aliphatic rings. The van der Waals surface area contributed by atoms with Crippen molar-refractivity contribution in [2.45, 2.75) is 25.3 Å². The SMILES string of the molecule is COC(=O)C1CC(n2cc(CCO)nn2)C1. The van der Waals surface area contributed by atoms with E-state index in [0.29, 0.717) is 6.42 Å². The van der Waals surface area contributed by atoms with Crippen LogP contribution in [0, 0.1) is 5.92 Å². The van der Waals surface area contributed by atoms with Crippen LogP contribution in [0.5, 0.6) is 0 Å². The first kappa shape index (κ1) is 11.1. The van der Waals surface area contributed by atoms with Crippen molar-refractivity contribution in [3.05, 3.63) is 11.9 Å². The molecule has 1 saturated carbocycles. The van der Waals surface area contributed by atoms with Gasteiger partial charge in [0.05, 0.1) is 24.8 Å². The average Bonchev–Trinajstić information content (AvgIpc) is 2.64. The lowest BCUT2D eigenvalue weighted by Crippen LogP contribution is -2.33. The van der Waals surface area contributed by atoms with Gasteiger partial charge in [0.2, 0.25) is 0 Å². The van der Waals surface area contributed by atoms with E-state index in [-0.39, 0.29) is 24.5 Å². The summed E-state index contributed by atoms with van der Waals surface area (Å²) in [6, 6.07) is 0.240. The van der Waals surface area contributed by atoms with E-state index < -0.39 is 0 Å². The highest BCUT2D eigenvalue weighted by atomic mass is 16.5. The lowest BCUT2D eigenvalue weighted by Gasteiger charge is -2.32. The molecule has 0 bridgehead atoms. The molecule has 1 fully saturated rings. The second-order valence-electron chi connectivity index (χ2n) is 4.01. The van der Waals surface area contributed by atoms with Gasteiger partial charge in [-0.2, -0.15) is 0 Å². The van der Waals surface area contributed by atoms with Gasteiger partial charge in [-0.3, -0.25) is 4.79 Å². The summed E-state index contributed by atoms with van der Waals surface area (Å²) in [6.07, 6.45) is 3.87. The Labute approximate surface area is 93.2 Å². The van der Waals surface area contributed by atoms with E-state index in [4.69, 9.17) is 5.11 Å². The molecule has 0 saturated heterocycles. The number of hydrogen-bond acceptors (Lipinski definition) is 5. The van der Waals surface area contributed by atoms with E-state index in [2.05, 4.69) is 15.0 Å². The van der Waals surface area contributed by atoms with Crippen molar-refractivity contribution in [1.29, 1.82) is 0 Å². The molecule has 2 rings (SSSR count). The number of aliphatic hydroxyl groups is 1. The Hall–Kier alpha value is -1.43. The number of nitrogens with zero attached hydrogens (tertiary/aromatic N) is 3. The van der Waals surface area contributed by atoms with Crippen molar-refractivity contribution in [3.63, 3.8) is 0 Å². The highest BCUT2D eigenvalue weighted by Gasteiger charge is 2.37. The second kappa shape index (κ2) is 4.61. The summed E-state index contributed by atoms with van der Waals surface area (Å²) >= 11 is 0. The van der Waals surface area contributed by atoms with Crippen LogP contribution in [0.2, 0.25) is 0 Å². The maximum Gasteiger partial charge on any atom is 0.308 e. The van der Waals surface area contributed by atoms with Gasteiger partial charge in [0, 0.05) is 19.2 Å². The maximum atomic E-state index is 11.2. The monoisotopic (exact) mass is 225 g/mol. The fourth-order valence-electron chi connectivity index (χ4n) is 1.88. The van der Waals surface area contributed by atoms with Crippen LogP contribution in [0.3, 0.4) is 0 Å².